The van der Waals surface area contributed by atoms with E-state index in [2.05, 4.69) is 29.4 Å². The van der Waals surface area contributed by atoms with Gasteiger partial charge in [-0.15, -0.1) is 12.4 Å². The first kappa shape index (κ1) is 25.4. The van der Waals surface area contributed by atoms with E-state index in [-0.39, 0.29) is 24.5 Å². The average Bonchev–Trinajstić information content (AvgIpc) is 2.66. The lowest BCUT2D eigenvalue weighted by Crippen LogP contribution is -2.40. The SMILES string of the molecule is COc1ccc(OC)c(C(C)NC(=O)NCCCCN2CC(C)CC(C)C2)c1.Cl. The number of hydrogen-bond donors (Lipinski definition) is 2. The Morgan fingerprint density at radius 1 is 1.17 bits per heavy atom. The molecule has 2 rings (SSSR count). The lowest BCUT2D eigenvalue weighted by atomic mass is 9.92. The second kappa shape index (κ2) is 12.8. The monoisotopic (exact) mass is 427 g/mol. The van der Waals surface area contributed by atoms with Crippen molar-refractivity contribution in [2.24, 2.45) is 11.8 Å². The second-order valence-corrected chi connectivity index (χ2v) is 8.14. The number of rotatable bonds is 9. The van der Waals surface area contributed by atoms with Crippen molar-refractivity contribution in [1.29, 1.82) is 0 Å². The molecule has 0 spiro atoms. The van der Waals surface area contributed by atoms with E-state index < -0.39 is 0 Å². The van der Waals surface area contributed by atoms with E-state index in [0.717, 1.165) is 48.3 Å². The Hall–Kier alpha value is -1.66. The van der Waals surface area contributed by atoms with Gasteiger partial charge in [0.05, 0.1) is 20.3 Å². The van der Waals surface area contributed by atoms with Gasteiger partial charge in [-0.05, 0) is 62.8 Å². The van der Waals surface area contributed by atoms with Crippen LogP contribution in [0.5, 0.6) is 11.5 Å². The van der Waals surface area contributed by atoms with E-state index in [1.54, 1.807) is 14.2 Å². The first-order chi connectivity index (χ1) is 13.4. The summed E-state index contributed by atoms with van der Waals surface area (Å²) in [4.78, 5) is 14.8. The van der Waals surface area contributed by atoms with E-state index in [1.807, 2.05) is 25.1 Å². The van der Waals surface area contributed by atoms with Crippen LogP contribution in [0.2, 0.25) is 0 Å². The van der Waals surface area contributed by atoms with Gasteiger partial charge in [0.15, 0.2) is 0 Å². The molecule has 1 saturated heterocycles. The second-order valence-electron chi connectivity index (χ2n) is 8.14. The van der Waals surface area contributed by atoms with Gasteiger partial charge < -0.3 is 25.0 Å². The average molecular weight is 428 g/mol. The van der Waals surface area contributed by atoms with Gasteiger partial charge in [-0.3, -0.25) is 0 Å². The fraction of sp³-hybridized carbons (Fsp3) is 0.682. The number of carbonyl (C=O) groups is 1. The van der Waals surface area contributed by atoms with Gasteiger partial charge in [-0.1, -0.05) is 13.8 Å². The summed E-state index contributed by atoms with van der Waals surface area (Å²) in [7, 11) is 3.25. The first-order valence-corrected chi connectivity index (χ1v) is 10.4. The summed E-state index contributed by atoms with van der Waals surface area (Å²) in [6, 6.07) is 5.26. The molecule has 3 unspecified atom stereocenters. The van der Waals surface area contributed by atoms with Crippen molar-refractivity contribution in [3.63, 3.8) is 0 Å². The molecule has 0 radical (unpaired) electrons. The molecule has 166 valence electrons. The zero-order valence-electron chi connectivity index (χ0n) is 18.5. The number of methoxy groups -OCH3 is 2. The third kappa shape index (κ3) is 8.31. The number of halogens is 1. The molecule has 1 aliphatic heterocycles. The molecule has 29 heavy (non-hydrogen) atoms. The van der Waals surface area contributed by atoms with Gasteiger partial charge in [0.2, 0.25) is 0 Å². The summed E-state index contributed by atoms with van der Waals surface area (Å²) in [6.45, 7) is 10.8. The maximum Gasteiger partial charge on any atom is 0.315 e. The van der Waals surface area contributed by atoms with Crippen molar-refractivity contribution in [3.8, 4) is 11.5 Å². The van der Waals surface area contributed by atoms with Crippen LogP contribution >= 0.6 is 12.4 Å². The summed E-state index contributed by atoms with van der Waals surface area (Å²) in [5.41, 5.74) is 0.894. The largest absolute Gasteiger partial charge is 0.497 e. The molecule has 0 aromatic heterocycles. The number of benzene rings is 1. The van der Waals surface area contributed by atoms with Gasteiger partial charge in [0, 0.05) is 25.2 Å². The Labute approximate surface area is 182 Å². The van der Waals surface area contributed by atoms with Crippen molar-refractivity contribution in [2.75, 3.05) is 40.4 Å². The van der Waals surface area contributed by atoms with E-state index in [4.69, 9.17) is 9.47 Å². The molecule has 3 atom stereocenters. The number of hydrogen-bond acceptors (Lipinski definition) is 4. The summed E-state index contributed by atoms with van der Waals surface area (Å²) in [6.07, 6.45) is 3.44. The molecule has 0 saturated carbocycles. The molecule has 1 heterocycles. The fourth-order valence-electron chi connectivity index (χ4n) is 4.14. The molecule has 2 amide bonds. The minimum absolute atomic E-state index is 0. The van der Waals surface area contributed by atoms with Crippen molar-refractivity contribution < 1.29 is 14.3 Å². The number of likely N-dealkylation sites (tertiary alicyclic amines) is 1. The zero-order valence-corrected chi connectivity index (χ0v) is 19.3. The van der Waals surface area contributed by atoms with Gasteiger partial charge in [0.25, 0.3) is 0 Å². The lowest BCUT2D eigenvalue weighted by Gasteiger charge is -2.34. The van der Waals surface area contributed by atoms with Crippen molar-refractivity contribution in [2.45, 2.75) is 46.1 Å². The summed E-state index contributed by atoms with van der Waals surface area (Å²) in [5.74, 6) is 3.07. The quantitative estimate of drug-likeness (QED) is 0.578. The number of urea groups is 1. The highest BCUT2D eigenvalue weighted by molar-refractivity contribution is 5.85. The number of unbranched alkanes of at least 4 members (excludes halogenated alkanes) is 1. The van der Waals surface area contributed by atoms with Crippen LogP contribution in [0.1, 0.15) is 51.6 Å². The molecule has 6 nitrogen and oxygen atoms in total. The highest BCUT2D eigenvalue weighted by atomic mass is 35.5. The Kier molecular flexibility index (Phi) is 11.2. The molecule has 7 heteroatoms. The van der Waals surface area contributed by atoms with Crippen molar-refractivity contribution >= 4 is 18.4 Å². The van der Waals surface area contributed by atoms with E-state index in [0.29, 0.717) is 6.54 Å². The molecule has 0 aliphatic carbocycles. The fourth-order valence-corrected chi connectivity index (χ4v) is 4.14. The van der Waals surface area contributed by atoms with E-state index >= 15 is 0 Å². The number of nitrogens with one attached hydrogen (secondary N) is 2. The third-order valence-corrected chi connectivity index (χ3v) is 5.38. The van der Waals surface area contributed by atoms with Crippen LogP contribution in [-0.4, -0.2) is 51.3 Å². The van der Waals surface area contributed by atoms with Gasteiger partial charge in [-0.2, -0.15) is 0 Å². The van der Waals surface area contributed by atoms with Gasteiger partial charge in [-0.25, -0.2) is 4.79 Å². The maximum atomic E-state index is 12.2. The molecule has 1 aromatic carbocycles. The number of nitrogens with zero attached hydrogens (tertiary/aromatic N) is 1. The Morgan fingerprint density at radius 2 is 1.86 bits per heavy atom. The smallest absolute Gasteiger partial charge is 0.315 e. The normalized spacial score (nSPS) is 20.3. The summed E-state index contributed by atoms with van der Waals surface area (Å²) >= 11 is 0. The van der Waals surface area contributed by atoms with Crippen LogP contribution in [-0.2, 0) is 0 Å². The molecular weight excluding hydrogens is 390 g/mol. The highest BCUT2D eigenvalue weighted by Crippen LogP contribution is 2.29. The van der Waals surface area contributed by atoms with Crippen LogP contribution in [0.4, 0.5) is 4.79 Å². The number of amides is 2. The third-order valence-electron chi connectivity index (χ3n) is 5.38. The van der Waals surface area contributed by atoms with Crippen LogP contribution in [0, 0.1) is 11.8 Å². The standard InChI is InChI=1S/C22H37N3O3.ClH/c1-16-12-17(2)15-25(14-16)11-7-6-10-23-22(26)24-18(3)20-13-19(27-4)8-9-21(20)28-5;/h8-9,13,16-18H,6-7,10-12,14-15H2,1-5H3,(H2,23,24,26);1H. The van der Waals surface area contributed by atoms with Crippen LogP contribution < -0.4 is 20.1 Å². The van der Waals surface area contributed by atoms with E-state index in [9.17, 15) is 4.79 Å². The van der Waals surface area contributed by atoms with E-state index in [1.165, 1.54) is 19.5 Å². The molecular formula is C22H38ClN3O3. The summed E-state index contributed by atoms with van der Waals surface area (Å²) in [5, 5.41) is 5.94. The zero-order chi connectivity index (χ0) is 20.5. The topological polar surface area (TPSA) is 62.8 Å². The minimum Gasteiger partial charge on any atom is -0.497 e. The number of piperidine rings is 1. The Morgan fingerprint density at radius 3 is 2.48 bits per heavy atom. The lowest BCUT2D eigenvalue weighted by molar-refractivity contribution is 0.139. The predicted octanol–water partition coefficient (Wildman–Crippen LogP) is 4.24. The molecule has 0 bridgehead atoms. The molecule has 1 fully saturated rings. The van der Waals surface area contributed by atoms with Crippen LogP contribution in [0.15, 0.2) is 18.2 Å². The Balaban J connectivity index is 0.00000420. The van der Waals surface area contributed by atoms with Crippen molar-refractivity contribution in [1.82, 2.24) is 15.5 Å². The number of carbonyl (C=O) groups excluding carboxylic acids is 1. The Bertz CT molecular complexity index is 619. The minimum atomic E-state index is -0.179. The molecule has 2 N–H and O–H groups in total. The van der Waals surface area contributed by atoms with Gasteiger partial charge in [0.1, 0.15) is 11.5 Å². The van der Waals surface area contributed by atoms with Crippen molar-refractivity contribution in [3.05, 3.63) is 23.8 Å². The maximum absolute atomic E-state index is 12.2. The first-order valence-electron chi connectivity index (χ1n) is 10.4. The van der Waals surface area contributed by atoms with Crippen LogP contribution in [0.25, 0.3) is 0 Å². The predicted molar refractivity (Wildman–Crippen MR) is 120 cm³/mol. The van der Waals surface area contributed by atoms with Gasteiger partial charge >= 0.3 is 6.03 Å². The highest BCUT2D eigenvalue weighted by Gasteiger charge is 2.21. The molecule has 1 aromatic rings. The summed E-state index contributed by atoms with van der Waals surface area (Å²) < 4.78 is 10.7. The van der Waals surface area contributed by atoms with Crippen LogP contribution in [0.3, 0.4) is 0 Å². The molecule has 1 aliphatic rings. The number of ether oxygens (including phenoxy) is 2.